The zero-order valence-electron chi connectivity index (χ0n) is 55.7. The van der Waals surface area contributed by atoms with Crippen LogP contribution in [0.2, 0.25) is 0 Å². The van der Waals surface area contributed by atoms with E-state index in [2.05, 4.69) is 45.1 Å². The standard InChI is InChI=1S/C70H88N10O18/c1-43(2)63(77-60(83)20-12-8-13-28-78-61(84)25-26-62(78)85)65(87)74-53(19-16-27-72-68(71)90)64(86)73-48-23-21-47(22-24-48)42-98-70(92)76-55-36-59(57(94-6)34-52(55)67(89)80-38-45(4)32-50(80)40-82)96-30-15-9-14-29-95-58-35-54(75-69(91)97-41-46-17-10-7-11-18-46)51(33-56(58)93-5)66(88)79-37-44(3)31-49(79)39-81/h7,10-11,17-18,21-26,33-36,43,49-50,53,63,81-82H,3-4,8-9,12-16,19-20,27-32,37-42H2,1-2,5-6H3,(H,73,86)(H,74,87)(H,75,91)(H,76,92)(H,77,83)(H3,71,72,90)/t49-,50-,53-,63-/m0/s1. The molecule has 7 rings (SSSR count). The fourth-order valence-electron chi connectivity index (χ4n) is 11.1. The number of likely N-dealkylation sites (tertiary alicyclic amines) is 2. The topological polar surface area (TPSA) is 374 Å². The highest BCUT2D eigenvalue weighted by atomic mass is 16.6. The first-order valence-electron chi connectivity index (χ1n) is 32.4. The summed E-state index contributed by atoms with van der Waals surface area (Å²) in [6, 6.07) is 17.2. The van der Waals surface area contributed by atoms with Crippen LogP contribution in [0, 0.1) is 5.92 Å². The number of nitrogens with two attached hydrogens (primary N) is 1. The molecule has 3 aliphatic rings. The lowest BCUT2D eigenvalue weighted by Crippen LogP contribution is -2.54. The summed E-state index contributed by atoms with van der Waals surface area (Å²) in [6.45, 7) is 11.6. The monoisotopic (exact) mass is 1360 g/mol. The van der Waals surface area contributed by atoms with Crippen molar-refractivity contribution in [1.82, 2.24) is 30.7 Å². The molecule has 0 bridgehead atoms. The molecule has 28 heteroatoms. The van der Waals surface area contributed by atoms with Gasteiger partial charge in [-0.1, -0.05) is 87.0 Å². The molecule has 28 nitrogen and oxygen atoms in total. The molecule has 0 unspecified atom stereocenters. The van der Waals surface area contributed by atoms with Gasteiger partial charge in [0.2, 0.25) is 17.7 Å². The number of imide groups is 1. The fraction of sp³-hybridized carbons (Fsp3) is 0.429. The predicted octanol–water partition coefficient (Wildman–Crippen LogP) is 6.85. The minimum atomic E-state index is -1.13. The Morgan fingerprint density at radius 1 is 0.612 bits per heavy atom. The number of rotatable bonds is 36. The van der Waals surface area contributed by atoms with Gasteiger partial charge in [-0.25, -0.2) is 14.4 Å². The zero-order valence-corrected chi connectivity index (χ0v) is 55.7. The number of primary amides is 1. The first-order chi connectivity index (χ1) is 47.1. The number of aliphatic hydroxyl groups excluding tert-OH is 2. The Morgan fingerprint density at radius 2 is 1.12 bits per heavy atom. The summed E-state index contributed by atoms with van der Waals surface area (Å²) in [5.74, 6) is -2.93. The van der Waals surface area contributed by atoms with E-state index in [0.717, 1.165) is 21.6 Å². The number of hydrogen-bond donors (Lipinski definition) is 9. The lowest BCUT2D eigenvalue weighted by atomic mass is 10.0. The van der Waals surface area contributed by atoms with Crippen LogP contribution < -0.4 is 56.6 Å². The minimum absolute atomic E-state index is 0.0147. The lowest BCUT2D eigenvalue weighted by Gasteiger charge is -2.25. The number of carbonyl (C=O) groups is 10. The van der Waals surface area contributed by atoms with E-state index < -0.39 is 71.9 Å². The molecule has 2 saturated heterocycles. The van der Waals surface area contributed by atoms with Crippen molar-refractivity contribution in [3.05, 3.63) is 138 Å². The van der Waals surface area contributed by atoms with Gasteiger partial charge in [-0.05, 0) is 99.1 Å². The second kappa shape index (κ2) is 37.1. The van der Waals surface area contributed by atoms with Crippen LogP contribution >= 0.6 is 0 Å². The zero-order chi connectivity index (χ0) is 70.8. The maximum atomic E-state index is 14.3. The summed E-state index contributed by atoms with van der Waals surface area (Å²) in [4.78, 5) is 135. The number of nitrogens with one attached hydrogen (secondary N) is 6. The molecule has 4 aromatic carbocycles. The van der Waals surface area contributed by atoms with Crippen LogP contribution in [0.15, 0.2) is 115 Å². The molecule has 11 amide bonds. The molecule has 4 aromatic rings. The second-order valence-electron chi connectivity index (χ2n) is 24.1. The molecule has 98 heavy (non-hydrogen) atoms. The average molecular weight is 1360 g/mol. The number of ether oxygens (including phenoxy) is 6. The van der Waals surface area contributed by atoms with Crippen LogP contribution in [0.3, 0.4) is 0 Å². The Balaban J connectivity index is 0.951. The molecule has 0 saturated carbocycles. The second-order valence-corrected chi connectivity index (χ2v) is 24.1. The number of aliphatic hydroxyl groups is 2. The molecular formula is C70H88N10O18. The molecule has 0 aliphatic carbocycles. The van der Waals surface area contributed by atoms with E-state index in [1.54, 1.807) is 50.2 Å². The molecule has 4 atom stereocenters. The number of nitrogens with zero attached hydrogens (tertiary/aromatic N) is 3. The Hall–Kier alpha value is -10.5. The molecule has 0 radical (unpaired) electrons. The summed E-state index contributed by atoms with van der Waals surface area (Å²) in [5, 5.41) is 36.4. The predicted molar refractivity (Wildman–Crippen MR) is 361 cm³/mol. The van der Waals surface area contributed by atoms with Crippen molar-refractivity contribution in [2.45, 2.75) is 122 Å². The lowest BCUT2D eigenvalue weighted by molar-refractivity contribution is -0.137. The van der Waals surface area contributed by atoms with Crippen molar-refractivity contribution < 1.29 is 86.6 Å². The number of carbonyl (C=O) groups excluding carboxylic acids is 10. The maximum absolute atomic E-state index is 14.3. The molecule has 526 valence electrons. The number of amides is 11. The number of benzene rings is 4. The maximum Gasteiger partial charge on any atom is 0.411 e. The summed E-state index contributed by atoms with van der Waals surface area (Å²) in [5.41, 5.74) is 8.54. The van der Waals surface area contributed by atoms with Gasteiger partial charge in [0.05, 0.1) is 75.2 Å². The van der Waals surface area contributed by atoms with Crippen LogP contribution in [-0.4, -0.2) is 175 Å². The molecule has 3 aliphatic heterocycles. The SMILES string of the molecule is C=C1C[C@@H](CO)N(C(=O)c2cc(OC)c(OCCCCCOc3cc(NC(=O)OCc4ccc(NC(=O)[C@H](CCCNC(N)=O)NC(=O)[C@@H](NC(=O)CCCCCN5C(=O)C=CC5=O)C(C)C)cc4)c(C(=O)N4CC(=C)C[C@H]4CO)cc3OC)cc2NC(=O)OCc2ccccc2)C1. The third-order valence-corrected chi connectivity index (χ3v) is 16.4. The summed E-state index contributed by atoms with van der Waals surface area (Å²) in [6.07, 6.45) is 4.93. The van der Waals surface area contributed by atoms with Gasteiger partial charge in [0.25, 0.3) is 23.6 Å². The van der Waals surface area contributed by atoms with E-state index in [1.165, 1.54) is 60.4 Å². The van der Waals surface area contributed by atoms with Gasteiger partial charge in [-0.3, -0.25) is 49.1 Å². The highest BCUT2D eigenvalue weighted by Gasteiger charge is 2.36. The van der Waals surface area contributed by atoms with Gasteiger partial charge in [0, 0.05) is 62.6 Å². The number of hydrogen-bond acceptors (Lipinski definition) is 18. The van der Waals surface area contributed by atoms with Gasteiger partial charge < -0.3 is 75.4 Å². The highest BCUT2D eigenvalue weighted by molar-refractivity contribution is 6.13. The molecular weight excluding hydrogens is 1270 g/mol. The van der Waals surface area contributed by atoms with E-state index in [9.17, 15) is 58.2 Å². The van der Waals surface area contributed by atoms with Crippen LogP contribution in [-0.2, 0) is 46.7 Å². The van der Waals surface area contributed by atoms with E-state index in [4.69, 9.17) is 34.2 Å². The van der Waals surface area contributed by atoms with Gasteiger partial charge in [-0.15, -0.1) is 0 Å². The van der Waals surface area contributed by atoms with Crippen molar-refractivity contribution in [3.8, 4) is 23.0 Å². The first-order valence-corrected chi connectivity index (χ1v) is 32.4. The first kappa shape index (κ1) is 74.9. The van der Waals surface area contributed by atoms with Gasteiger partial charge >= 0.3 is 18.2 Å². The normalized spacial score (nSPS) is 15.5. The van der Waals surface area contributed by atoms with Crippen molar-refractivity contribution >= 4 is 76.6 Å². The van der Waals surface area contributed by atoms with Crippen LogP contribution in [0.5, 0.6) is 23.0 Å². The third kappa shape index (κ3) is 21.8. The Labute approximate surface area is 568 Å². The fourth-order valence-corrected chi connectivity index (χ4v) is 11.1. The quantitative estimate of drug-likeness (QED) is 0.0128. The molecule has 0 spiro atoms. The molecule has 3 heterocycles. The van der Waals surface area contributed by atoms with Crippen LogP contribution in [0.1, 0.15) is 116 Å². The third-order valence-electron chi connectivity index (χ3n) is 16.4. The largest absolute Gasteiger partial charge is 0.493 e. The van der Waals surface area contributed by atoms with Gasteiger partial charge in [0.15, 0.2) is 23.0 Å². The smallest absolute Gasteiger partial charge is 0.411 e. The average Bonchev–Trinajstić information content (AvgIpc) is 1.77. The number of urea groups is 1. The van der Waals surface area contributed by atoms with E-state index in [-0.39, 0.29) is 148 Å². The van der Waals surface area contributed by atoms with E-state index in [0.29, 0.717) is 62.6 Å². The van der Waals surface area contributed by atoms with Gasteiger partial charge in [0.1, 0.15) is 25.3 Å². The van der Waals surface area contributed by atoms with Crippen molar-refractivity contribution in [2.75, 3.05) is 82.8 Å². The van der Waals surface area contributed by atoms with Crippen LogP contribution in [0.4, 0.5) is 31.4 Å². The van der Waals surface area contributed by atoms with Gasteiger partial charge in [-0.2, -0.15) is 0 Å². The number of methoxy groups -OCH3 is 2. The summed E-state index contributed by atoms with van der Waals surface area (Å²) < 4.78 is 34.8. The van der Waals surface area contributed by atoms with E-state index in [1.807, 2.05) is 18.2 Å². The van der Waals surface area contributed by atoms with Crippen molar-refractivity contribution in [2.24, 2.45) is 11.7 Å². The summed E-state index contributed by atoms with van der Waals surface area (Å²) in [7, 11) is 2.82. The number of anilines is 3. The van der Waals surface area contributed by atoms with Crippen molar-refractivity contribution in [1.29, 1.82) is 0 Å². The minimum Gasteiger partial charge on any atom is -0.493 e. The highest BCUT2D eigenvalue weighted by Crippen LogP contribution is 2.38. The van der Waals surface area contributed by atoms with E-state index >= 15 is 0 Å². The molecule has 0 aromatic heterocycles. The van der Waals surface area contributed by atoms with Crippen molar-refractivity contribution in [3.63, 3.8) is 0 Å². The molecule has 10 N–H and O–H groups in total. The Bertz CT molecular complexity index is 3550. The Morgan fingerprint density at radius 3 is 1.61 bits per heavy atom. The van der Waals surface area contributed by atoms with Crippen LogP contribution in [0.25, 0.3) is 0 Å². The number of unbranched alkanes of at least 4 members (excludes halogenated alkanes) is 4. The summed E-state index contributed by atoms with van der Waals surface area (Å²) >= 11 is 0. The Kier molecular flexibility index (Phi) is 28.4. The molecule has 2 fully saturated rings.